The van der Waals surface area contributed by atoms with Gasteiger partial charge in [0, 0.05) is 32.7 Å². The molecule has 1 aliphatic heterocycles. The van der Waals surface area contributed by atoms with E-state index in [0.29, 0.717) is 6.61 Å². The molecule has 1 N–H and O–H groups in total. The minimum Gasteiger partial charge on any atom is -0.489 e. The average Bonchev–Trinajstić information content (AvgIpc) is 2.44. The van der Waals surface area contributed by atoms with E-state index < -0.39 is 0 Å². The summed E-state index contributed by atoms with van der Waals surface area (Å²) in [5.74, 6) is 0.945. The van der Waals surface area contributed by atoms with Crippen LogP contribution in [0.15, 0.2) is 36.4 Å². The third-order valence-corrected chi connectivity index (χ3v) is 3.31. The predicted octanol–water partition coefficient (Wildman–Crippen LogP) is 2.09. The molecule has 3 nitrogen and oxygen atoms in total. The summed E-state index contributed by atoms with van der Waals surface area (Å²) in [6.07, 6.45) is 1.09. The Kier molecular flexibility index (Phi) is 5.43. The number of piperazine rings is 1. The molecular weight excluding hydrogens is 236 g/mol. The van der Waals surface area contributed by atoms with E-state index in [2.05, 4.69) is 35.0 Å². The average molecular weight is 260 g/mol. The van der Waals surface area contributed by atoms with Crippen LogP contribution in [0.3, 0.4) is 0 Å². The van der Waals surface area contributed by atoms with Crippen LogP contribution in [0.2, 0.25) is 0 Å². The molecule has 0 aliphatic carbocycles. The van der Waals surface area contributed by atoms with Gasteiger partial charge in [0.15, 0.2) is 0 Å². The van der Waals surface area contributed by atoms with E-state index in [9.17, 15) is 0 Å². The van der Waals surface area contributed by atoms with Crippen LogP contribution in [-0.4, -0.2) is 44.2 Å². The van der Waals surface area contributed by atoms with Crippen molar-refractivity contribution in [2.45, 2.75) is 13.3 Å². The summed E-state index contributed by atoms with van der Waals surface area (Å²) in [4.78, 5) is 2.51. The molecule has 1 saturated heterocycles. The summed E-state index contributed by atoms with van der Waals surface area (Å²) >= 11 is 0. The zero-order chi connectivity index (χ0) is 13.5. The van der Waals surface area contributed by atoms with Gasteiger partial charge in [0.05, 0.1) is 0 Å². The van der Waals surface area contributed by atoms with Gasteiger partial charge in [0.1, 0.15) is 12.4 Å². The summed E-state index contributed by atoms with van der Waals surface area (Å²) < 4.78 is 5.68. The van der Waals surface area contributed by atoms with Gasteiger partial charge in [-0.15, -0.1) is 0 Å². The van der Waals surface area contributed by atoms with E-state index in [1.54, 1.807) is 0 Å². The minimum atomic E-state index is 0.598. The quantitative estimate of drug-likeness (QED) is 0.793. The Morgan fingerprint density at radius 3 is 2.89 bits per heavy atom. The molecule has 0 radical (unpaired) electrons. The maximum Gasteiger partial charge on any atom is 0.120 e. The van der Waals surface area contributed by atoms with Gasteiger partial charge >= 0.3 is 0 Å². The van der Waals surface area contributed by atoms with Gasteiger partial charge in [-0.2, -0.15) is 0 Å². The second-order valence-corrected chi connectivity index (χ2v) is 5.23. The van der Waals surface area contributed by atoms with Crippen molar-refractivity contribution in [3.05, 3.63) is 42.0 Å². The van der Waals surface area contributed by atoms with Crippen molar-refractivity contribution < 1.29 is 4.74 Å². The van der Waals surface area contributed by atoms with Crippen LogP contribution in [0.5, 0.6) is 5.75 Å². The van der Waals surface area contributed by atoms with Crippen LogP contribution in [0.25, 0.3) is 0 Å². The molecule has 0 saturated carbocycles. The van der Waals surface area contributed by atoms with E-state index >= 15 is 0 Å². The second-order valence-electron chi connectivity index (χ2n) is 5.23. The van der Waals surface area contributed by atoms with E-state index in [4.69, 9.17) is 4.74 Å². The first-order valence-electron chi connectivity index (χ1n) is 7.03. The van der Waals surface area contributed by atoms with Gasteiger partial charge < -0.3 is 15.0 Å². The molecule has 19 heavy (non-hydrogen) atoms. The number of benzene rings is 1. The Morgan fingerprint density at radius 1 is 1.37 bits per heavy atom. The number of hydrogen-bond acceptors (Lipinski definition) is 3. The number of rotatable bonds is 6. The van der Waals surface area contributed by atoms with Crippen molar-refractivity contribution in [3.63, 3.8) is 0 Å². The van der Waals surface area contributed by atoms with Crippen LogP contribution in [-0.2, 0) is 6.42 Å². The van der Waals surface area contributed by atoms with E-state index in [0.717, 1.165) is 50.5 Å². The maximum atomic E-state index is 5.68. The number of nitrogens with zero attached hydrogens (tertiary/aromatic N) is 1. The molecule has 1 aromatic carbocycles. The van der Waals surface area contributed by atoms with E-state index in [-0.39, 0.29) is 0 Å². The Labute approximate surface area is 116 Å². The van der Waals surface area contributed by atoms with Crippen LogP contribution < -0.4 is 10.1 Å². The molecule has 104 valence electrons. The fourth-order valence-electron chi connectivity index (χ4n) is 2.22. The van der Waals surface area contributed by atoms with Crippen LogP contribution in [0, 0.1) is 0 Å². The molecule has 0 amide bonds. The largest absolute Gasteiger partial charge is 0.489 e. The van der Waals surface area contributed by atoms with Crippen LogP contribution >= 0.6 is 0 Å². The van der Waals surface area contributed by atoms with Crippen molar-refractivity contribution in [1.82, 2.24) is 10.2 Å². The van der Waals surface area contributed by atoms with Gasteiger partial charge in [-0.05, 0) is 36.6 Å². The second kappa shape index (κ2) is 7.31. The fourth-order valence-corrected chi connectivity index (χ4v) is 2.22. The molecule has 1 aliphatic rings. The van der Waals surface area contributed by atoms with Crippen molar-refractivity contribution in [3.8, 4) is 5.75 Å². The summed E-state index contributed by atoms with van der Waals surface area (Å²) in [6.45, 7) is 12.1. The number of nitrogens with one attached hydrogen (secondary N) is 1. The monoisotopic (exact) mass is 260 g/mol. The van der Waals surface area contributed by atoms with Gasteiger partial charge in [-0.1, -0.05) is 18.7 Å². The number of ether oxygens (including phenoxy) is 1. The van der Waals surface area contributed by atoms with Gasteiger partial charge in [-0.3, -0.25) is 0 Å². The molecule has 0 atom stereocenters. The molecule has 1 aromatic rings. The Bertz CT molecular complexity index is 411. The third-order valence-electron chi connectivity index (χ3n) is 3.31. The highest BCUT2D eigenvalue weighted by atomic mass is 16.5. The smallest absolute Gasteiger partial charge is 0.120 e. The van der Waals surface area contributed by atoms with Crippen molar-refractivity contribution >= 4 is 0 Å². The highest BCUT2D eigenvalue weighted by Gasteiger charge is 2.09. The summed E-state index contributed by atoms with van der Waals surface area (Å²) in [6, 6.07) is 8.40. The third kappa shape index (κ3) is 5.05. The maximum absolute atomic E-state index is 5.68. The predicted molar refractivity (Wildman–Crippen MR) is 79.8 cm³/mol. The molecule has 0 aromatic heterocycles. The minimum absolute atomic E-state index is 0.598. The van der Waals surface area contributed by atoms with Crippen molar-refractivity contribution in [2.75, 3.05) is 39.3 Å². The molecule has 1 heterocycles. The van der Waals surface area contributed by atoms with Gasteiger partial charge in [-0.25, -0.2) is 0 Å². The normalized spacial score (nSPS) is 16.3. The SMILES string of the molecule is C=C(C)COc1cccc(CCN2CCNCC2)c1. The summed E-state index contributed by atoms with van der Waals surface area (Å²) in [5.41, 5.74) is 2.39. The lowest BCUT2D eigenvalue weighted by molar-refractivity contribution is 0.244. The molecule has 0 spiro atoms. The standard InChI is InChI=1S/C16H24N2O/c1-14(2)13-19-16-5-3-4-15(12-16)6-9-18-10-7-17-8-11-18/h3-5,12,17H,1,6-11,13H2,2H3. The lowest BCUT2D eigenvalue weighted by Crippen LogP contribution is -2.44. The molecule has 1 fully saturated rings. The van der Waals surface area contributed by atoms with Gasteiger partial charge in [0.25, 0.3) is 0 Å². The highest BCUT2D eigenvalue weighted by Crippen LogP contribution is 2.15. The Hall–Kier alpha value is -1.32. The Morgan fingerprint density at radius 2 is 2.16 bits per heavy atom. The molecule has 3 heteroatoms. The van der Waals surface area contributed by atoms with E-state index in [1.165, 1.54) is 5.56 Å². The highest BCUT2D eigenvalue weighted by molar-refractivity contribution is 5.29. The summed E-state index contributed by atoms with van der Waals surface area (Å²) in [7, 11) is 0. The summed E-state index contributed by atoms with van der Waals surface area (Å²) in [5, 5.41) is 3.38. The molecule has 0 bridgehead atoms. The molecule has 2 rings (SSSR count). The van der Waals surface area contributed by atoms with Crippen LogP contribution in [0.4, 0.5) is 0 Å². The first-order valence-corrected chi connectivity index (χ1v) is 7.03. The Balaban J connectivity index is 1.82. The van der Waals surface area contributed by atoms with Crippen LogP contribution in [0.1, 0.15) is 12.5 Å². The van der Waals surface area contributed by atoms with Gasteiger partial charge in [0.2, 0.25) is 0 Å². The first kappa shape index (κ1) is 14.1. The van der Waals surface area contributed by atoms with E-state index in [1.807, 2.05) is 13.0 Å². The van der Waals surface area contributed by atoms with Crippen molar-refractivity contribution in [1.29, 1.82) is 0 Å². The number of hydrogen-bond donors (Lipinski definition) is 1. The zero-order valence-electron chi connectivity index (χ0n) is 11.8. The lowest BCUT2D eigenvalue weighted by Gasteiger charge is -2.27. The topological polar surface area (TPSA) is 24.5 Å². The molecule has 0 unspecified atom stereocenters. The fraction of sp³-hybridized carbons (Fsp3) is 0.500. The lowest BCUT2D eigenvalue weighted by atomic mass is 10.1. The molecular formula is C16H24N2O. The zero-order valence-corrected chi connectivity index (χ0v) is 11.8. The first-order chi connectivity index (χ1) is 9.24. The van der Waals surface area contributed by atoms with Crippen molar-refractivity contribution in [2.24, 2.45) is 0 Å².